The van der Waals surface area contributed by atoms with Crippen LogP contribution in [0.3, 0.4) is 0 Å². The van der Waals surface area contributed by atoms with Crippen LogP contribution in [0.1, 0.15) is 36.8 Å². The summed E-state index contributed by atoms with van der Waals surface area (Å²) in [7, 11) is 4.21. The van der Waals surface area contributed by atoms with Crippen LogP contribution in [0.25, 0.3) is 0 Å². The molecule has 3 aliphatic carbocycles. The molecule has 4 atom stereocenters. The van der Waals surface area contributed by atoms with Crippen LogP contribution in [0, 0.1) is 5.92 Å². The van der Waals surface area contributed by atoms with Crippen molar-refractivity contribution >= 4 is 0 Å². The molecule has 4 nitrogen and oxygen atoms in total. The Bertz CT molecular complexity index is 899. The molecule has 2 heterocycles. The van der Waals surface area contributed by atoms with Crippen LogP contribution in [0.15, 0.2) is 35.6 Å². The number of phenols is 1. The van der Waals surface area contributed by atoms with Crippen molar-refractivity contribution in [3.05, 3.63) is 46.7 Å². The lowest BCUT2D eigenvalue weighted by molar-refractivity contribution is -0.937. The lowest BCUT2D eigenvalue weighted by atomic mass is 9.56. The van der Waals surface area contributed by atoms with E-state index in [2.05, 4.69) is 25.3 Å². The second-order valence-corrected chi connectivity index (χ2v) is 9.46. The first-order chi connectivity index (χ1) is 13.1. The number of allylic oxidation sites excluding steroid dienone is 2. The molecule has 4 heteroatoms. The van der Waals surface area contributed by atoms with Gasteiger partial charge in [-0.15, -0.1) is 0 Å². The molecule has 1 spiro atoms. The summed E-state index contributed by atoms with van der Waals surface area (Å²) in [5.74, 6) is 2.74. The highest BCUT2D eigenvalue weighted by molar-refractivity contribution is 5.66. The molecule has 27 heavy (non-hydrogen) atoms. The number of likely N-dealkylation sites (tertiary alicyclic amines) is 1. The zero-order chi connectivity index (χ0) is 18.4. The molecule has 1 saturated carbocycles. The molecule has 2 fully saturated rings. The second-order valence-electron chi connectivity index (χ2n) is 9.46. The first-order valence-corrected chi connectivity index (χ1v) is 10.4. The molecular formula is C23H28NO3+. The number of methoxy groups -OCH3 is 1. The summed E-state index contributed by atoms with van der Waals surface area (Å²) in [5.41, 5.74) is 3.97. The van der Waals surface area contributed by atoms with Crippen molar-refractivity contribution in [3.63, 3.8) is 0 Å². The van der Waals surface area contributed by atoms with Gasteiger partial charge in [-0.1, -0.05) is 18.6 Å². The lowest BCUT2D eigenvalue weighted by Gasteiger charge is -2.58. The van der Waals surface area contributed by atoms with E-state index in [-0.39, 0.29) is 17.3 Å². The fourth-order valence-corrected chi connectivity index (χ4v) is 6.67. The number of quaternary nitrogens is 1. The normalized spacial score (nSPS) is 38.3. The van der Waals surface area contributed by atoms with Crippen molar-refractivity contribution < 1.29 is 19.1 Å². The number of phenolic OH excluding ortho intramolecular Hbond substituents is 1. The highest BCUT2D eigenvalue weighted by Gasteiger charge is 2.65. The summed E-state index contributed by atoms with van der Waals surface area (Å²) in [5, 5.41) is 10.5. The molecule has 142 valence electrons. The van der Waals surface area contributed by atoms with Crippen LogP contribution < -0.4 is 4.74 Å². The van der Waals surface area contributed by atoms with Crippen LogP contribution >= 0.6 is 0 Å². The van der Waals surface area contributed by atoms with Crippen LogP contribution in [-0.2, 0) is 16.6 Å². The van der Waals surface area contributed by atoms with Crippen molar-refractivity contribution in [3.8, 4) is 11.5 Å². The van der Waals surface area contributed by atoms with E-state index in [1.165, 1.54) is 49.1 Å². The summed E-state index contributed by atoms with van der Waals surface area (Å²) in [6.07, 6.45) is 10.6. The number of rotatable bonds is 3. The zero-order valence-electron chi connectivity index (χ0n) is 16.2. The molecule has 1 aromatic rings. The molecule has 1 saturated heterocycles. The summed E-state index contributed by atoms with van der Waals surface area (Å²) in [6.45, 7) is 2.47. The Morgan fingerprint density at radius 1 is 1.30 bits per heavy atom. The number of hydrogen-bond acceptors (Lipinski definition) is 3. The van der Waals surface area contributed by atoms with E-state index in [4.69, 9.17) is 9.47 Å². The van der Waals surface area contributed by atoms with E-state index >= 15 is 0 Å². The topological polar surface area (TPSA) is 38.7 Å². The Labute approximate surface area is 160 Å². The molecule has 1 aromatic carbocycles. The van der Waals surface area contributed by atoms with Gasteiger partial charge in [-0.25, -0.2) is 0 Å². The number of ether oxygens (including phenoxy) is 2. The van der Waals surface area contributed by atoms with Crippen molar-refractivity contribution in [1.82, 2.24) is 0 Å². The van der Waals surface area contributed by atoms with Gasteiger partial charge in [0.2, 0.25) is 0 Å². The standard InChI is InChI=1S/C23H27NO3/c1-24(13-14-4-3-5-14)11-10-23-16-7-9-19(26-2)22(23)27-21-18(25)8-6-15(20(21)23)12-17(16)24/h6-9,14,17,22H,3-5,10-13H2,1-2H3/p+1/t17?,22-,23-,24?/m0/s1. The molecule has 2 unspecified atom stereocenters. The minimum absolute atomic E-state index is 0.134. The largest absolute Gasteiger partial charge is 0.504 e. The van der Waals surface area contributed by atoms with Crippen LogP contribution in [0.5, 0.6) is 11.5 Å². The Balaban J connectivity index is 1.55. The third-order valence-electron chi connectivity index (χ3n) is 8.23. The smallest absolute Gasteiger partial charge is 0.169 e. The molecular weight excluding hydrogens is 338 g/mol. The summed E-state index contributed by atoms with van der Waals surface area (Å²) in [6, 6.07) is 4.46. The third-order valence-corrected chi connectivity index (χ3v) is 8.23. The van der Waals surface area contributed by atoms with Gasteiger partial charge >= 0.3 is 0 Å². The average Bonchev–Trinajstić information content (AvgIpc) is 2.99. The minimum atomic E-state index is -0.149. The number of likely N-dealkylation sites (N-methyl/N-ethyl adjacent to an activating group) is 1. The summed E-state index contributed by atoms with van der Waals surface area (Å²) < 4.78 is 13.3. The van der Waals surface area contributed by atoms with E-state index in [0.717, 1.165) is 29.0 Å². The van der Waals surface area contributed by atoms with Gasteiger partial charge in [0, 0.05) is 29.9 Å². The van der Waals surface area contributed by atoms with Gasteiger partial charge < -0.3 is 19.1 Å². The molecule has 2 aliphatic heterocycles. The molecule has 2 bridgehead atoms. The molecule has 5 aliphatic rings. The van der Waals surface area contributed by atoms with Crippen LogP contribution in [0.2, 0.25) is 0 Å². The highest BCUT2D eigenvalue weighted by Crippen LogP contribution is 2.63. The monoisotopic (exact) mass is 366 g/mol. The van der Waals surface area contributed by atoms with Crippen molar-refractivity contribution in [2.24, 2.45) is 5.92 Å². The molecule has 0 amide bonds. The average molecular weight is 366 g/mol. The van der Waals surface area contributed by atoms with Gasteiger partial charge in [-0.3, -0.25) is 0 Å². The van der Waals surface area contributed by atoms with Gasteiger partial charge in [0.15, 0.2) is 17.6 Å². The van der Waals surface area contributed by atoms with Crippen LogP contribution in [0.4, 0.5) is 0 Å². The fraction of sp³-hybridized carbons (Fsp3) is 0.565. The van der Waals surface area contributed by atoms with Crippen molar-refractivity contribution in [1.29, 1.82) is 0 Å². The van der Waals surface area contributed by atoms with Gasteiger partial charge in [-0.05, 0) is 30.5 Å². The van der Waals surface area contributed by atoms with Crippen LogP contribution in [-0.4, -0.2) is 49.0 Å². The molecule has 0 radical (unpaired) electrons. The maximum absolute atomic E-state index is 10.5. The fourth-order valence-electron chi connectivity index (χ4n) is 6.67. The van der Waals surface area contributed by atoms with Crippen molar-refractivity contribution in [2.45, 2.75) is 49.7 Å². The maximum atomic E-state index is 10.5. The Hall–Kier alpha value is -1.94. The van der Waals surface area contributed by atoms with E-state index in [0.29, 0.717) is 11.8 Å². The predicted molar refractivity (Wildman–Crippen MR) is 103 cm³/mol. The van der Waals surface area contributed by atoms with Crippen molar-refractivity contribution in [2.75, 3.05) is 27.2 Å². The Morgan fingerprint density at radius 3 is 2.89 bits per heavy atom. The minimum Gasteiger partial charge on any atom is -0.504 e. The lowest BCUT2D eigenvalue weighted by Crippen LogP contribution is -2.67. The van der Waals surface area contributed by atoms with Gasteiger partial charge in [0.05, 0.1) is 32.7 Å². The Morgan fingerprint density at radius 2 is 2.15 bits per heavy atom. The van der Waals surface area contributed by atoms with Gasteiger partial charge in [0.25, 0.3) is 0 Å². The number of benzene rings is 1. The number of hydrogen-bond donors (Lipinski definition) is 1. The van der Waals surface area contributed by atoms with E-state index < -0.39 is 0 Å². The number of nitrogens with zero attached hydrogens (tertiary/aromatic N) is 1. The van der Waals surface area contributed by atoms with E-state index in [1.807, 2.05) is 6.07 Å². The second kappa shape index (κ2) is 5.11. The van der Waals surface area contributed by atoms with E-state index in [9.17, 15) is 5.11 Å². The number of aromatic hydroxyl groups is 1. The quantitative estimate of drug-likeness (QED) is 0.833. The predicted octanol–water partition coefficient (Wildman–Crippen LogP) is 3.44. The third kappa shape index (κ3) is 1.83. The Kier molecular flexibility index (Phi) is 3.04. The van der Waals surface area contributed by atoms with Gasteiger partial charge in [-0.2, -0.15) is 0 Å². The zero-order valence-corrected chi connectivity index (χ0v) is 16.2. The highest BCUT2D eigenvalue weighted by atomic mass is 16.5. The van der Waals surface area contributed by atoms with Gasteiger partial charge in [0.1, 0.15) is 11.8 Å². The molecule has 6 rings (SSSR count). The summed E-state index contributed by atoms with van der Waals surface area (Å²) >= 11 is 0. The maximum Gasteiger partial charge on any atom is 0.169 e. The summed E-state index contributed by atoms with van der Waals surface area (Å²) in [4.78, 5) is 0. The SMILES string of the molecule is COC1=CC=C2C3Cc4ccc(O)c5c4[C@@]2(CC[N+]3(C)CC2CCC2)[C@H]1O5. The molecule has 0 aromatic heterocycles. The first-order valence-electron chi connectivity index (χ1n) is 10.4. The first kappa shape index (κ1) is 16.1. The van der Waals surface area contributed by atoms with E-state index in [1.54, 1.807) is 7.11 Å². The molecule has 1 N–H and O–H groups in total. The number of piperidine rings is 1.